The third-order valence-electron chi connectivity index (χ3n) is 5.05. The van der Waals surface area contributed by atoms with Crippen LogP contribution < -0.4 is 10.2 Å². The van der Waals surface area contributed by atoms with Crippen LogP contribution in [0.1, 0.15) is 18.5 Å². The third-order valence-corrected chi connectivity index (χ3v) is 6.34. The number of anilines is 1. The van der Waals surface area contributed by atoms with Gasteiger partial charge in [0.25, 0.3) is 5.91 Å². The van der Waals surface area contributed by atoms with Gasteiger partial charge in [-0.15, -0.1) is 0 Å². The topological polar surface area (TPSA) is 44.8 Å². The van der Waals surface area contributed by atoms with Gasteiger partial charge in [0, 0.05) is 24.5 Å². The lowest BCUT2D eigenvalue weighted by atomic mass is 9.95. The largest absolute Gasteiger partial charge is 0.378 e. The van der Waals surface area contributed by atoms with E-state index in [0.29, 0.717) is 48.4 Å². The number of nitrogens with zero attached hydrogens (tertiary/aromatic N) is 2. The molecule has 2 aliphatic heterocycles. The standard InChI is InChI=1S/C20H19ClFN3O2S2/c1-12-17(19(26)24-5-7-27-8-6-24)18(13-4-9-29-11-13)23-20(28)25(12)14-2-3-16(22)15(21)10-14/h2-4,9-11,18H,5-8H2,1H3,(H,23,28). The molecule has 9 heteroatoms. The maximum Gasteiger partial charge on any atom is 0.254 e. The van der Waals surface area contributed by atoms with Gasteiger partial charge in [-0.05, 0) is 59.7 Å². The monoisotopic (exact) mass is 451 g/mol. The number of hydrogen-bond acceptors (Lipinski definition) is 4. The Labute approximate surface area is 182 Å². The molecule has 0 spiro atoms. The molecule has 1 amide bonds. The van der Waals surface area contributed by atoms with Crippen molar-refractivity contribution >= 4 is 51.9 Å². The molecule has 2 aromatic rings. The number of thiocarbonyl (C=S) groups is 1. The summed E-state index contributed by atoms with van der Waals surface area (Å²) in [5, 5.41) is 7.70. The molecule has 1 aromatic carbocycles. The van der Waals surface area contributed by atoms with Crippen LogP contribution in [-0.4, -0.2) is 42.2 Å². The summed E-state index contributed by atoms with van der Waals surface area (Å²) in [4.78, 5) is 17.0. The third kappa shape index (κ3) is 3.90. The van der Waals surface area contributed by atoms with E-state index in [1.807, 2.05) is 23.8 Å². The van der Waals surface area contributed by atoms with E-state index in [-0.39, 0.29) is 17.0 Å². The van der Waals surface area contributed by atoms with Gasteiger partial charge >= 0.3 is 0 Å². The molecule has 4 rings (SSSR count). The van der Waals surface area contributed by atoms with Crippen molar-refractivity contribution in [1.29, 1.82) is 0 Å². The molecule has 1 saturated heterocycles. The molecule has 1 unspecified atom stereocenters. The van der Waals surface area contributed by atoms with Gasteiger partial charge in [-0.25, -0.2) is 4.39 Å². The van der Waals surface area contributed by atoms with Gasteiger partial charge in [0.2, 0.25) is 0 Å². The minimum Gasteiger partial charge on any atom is -0.378 e. The number of allylic oxidation sites excluding steroid dienone is 1. The Hall–Kier alpha value is -2.00. The molecule has 1 aromatic heterocycles. The molecule has 152 valence electrons. The first kappa shape index (κ1) is 20.3. The highest BCUT2D eigenvalue weighted by molar-refractivity contribution is 7.80. The van der Waals surface area contributed by atoms with Crippen LogP contribution in [0.25, 0.3) is 0 Å². The van der Waals surface area contributed by atoms with E-state index in [0.717, 1.165) is 5.56 Å². The summed E-state index contributed by atoms with van der Waals surface area (Å²) in [7, 11) is 0. The number of amides is 1. The number of carbonyl (C=O) groups is 1. The van der Waals surface area contributed by atoms with E-state index in [1.54, 1.807) is 27.2 Å². The van der Waals surface area contributed by atoms with Crippen LogP contribution in [0.4, 0.5) is 10.1 Å². The van der Waals surface area contributed by atoms with Crippen molar-refractivity contribution in [3.05, 3.63) is 62.7 Å². The highest BCUT2D eigenvalue weighted by atomic mass is 35.5. The van der Waals surface area contributed by atoms with Gasteiger partial charge in [0.15, 0.2) is 5.11 Å². The van der Waals surface area contributed by atoms with E-state index < -0.39 is 5.82 Å². The average molecular weight is 452 g/mol. The Morgan fingerprint density at radius 2 is 2.10 bits per heavy atom. The number of thiophene rings is 1. The molecular weight excluding hydrogens is 433 g/mol. The lowest BCUT2D eigenvalue weighted by Gasteiger charge is -2.39. The number of rotatable bonds is 3. The summed E-state index contributed by atoms with van der Waals surface area (Å²) in [5.74, 6) is -0.566. The van der Waals surface area contributed by atoms with Crippen molar-refractivity contribution in [2.45, 2.75) is 13.0 Å². The summed E-state index contributed by atoms with van der Waals surface area (Å²) >= 11 is 13.2. The second kappa shape index (κ2) is 8.39. The zero-order valence-corrected chi connectivity index (χ0v) is 18.0. The van der Waals surface area contributed by atoms with Crippen LogP contribution in [-0.2, 0) is 9.53 Å². The number of hydrogen-bond donors (Lipinski definition) is 1. The lowest BCUT2D eigenvalue weighted by molar-refractivity contribution is -0.131. The van der Waals surface area contributed by atoms with Crippen molar-refractivity contribution in [1.82, 2.24) is 10.2 Å². The van der Waals surface area contributed by atoms with Gasteiger partial charge < -0.3 is 15.0 Å². The van der Waals surface area contributed by atoms with Crippen LogP contribution in [0.5, 0.6) is 0 Å². The quantitative estimate of drug-likeness (QED) is 0.711. The van der Waals surface area contributed by atoms with Crippen molar-refractivity contribution in [3.63, 3.8) is 0 Å². The molecule has 0 saturated carbocycles. The number of benzene rings is 1. The summed E-state index contributed by atoms with van der Waals surface area (Å²) in [5.41, 5.74) is 2.89. The van der Waals surface area contributed by atoms with Crippen molar-refractivity contribution in [3.8, 4) is 0 Å². The number of nitrogens with one attached hydrogen (secondary N) is 1. The fourth-order valence-electron chi connectivity index (χ4n) is 3.58. The molecule has 29 heavy (non-hydrogen) atoms. The highest BCUT2D eigenvalue weighted by Gasteiger charge is 2.37. The fourth-order valence-corrected chi connectivity index (χ4v) is 4.80. The number of halogens is 2. The Morgan fingerprint density at radius 3 is 2.76 bits per heavy atom. The molecule has 5 nitrogen and oxygen atoms in total. The SMILES string of the molecule is CC1=C(C(=O)N2CCOCC2)C(c2ccsc2)NC(=S)N1c1ccc(F)c(Cl)c1. The van der Waals surface area contributed by atoms with Crippen LogP contribution in [0.15, 0.2) is 46.3 Å². The van der Waals surface area contributed by atoms with E-state index >= 15 is 0 Å². The average Bonchev–Trinajstić information content (AvgIpc) is 3.25. The summed E-state index contributed by atoms with van der Waals surface area (Å²) in [6.45, 7) is 3.98. The summed E-state index contributed by atoms with van der Waals surface area (Å²) in [6, 6.07) is 6.03. The van der Waals surface area contributed by atoms with Crippen LogP contribution in [0, 0.1) is 5.82 Å². The van der Waals surface area contributed by atoms with Crippen LogP contribution >= 0.6 is 35.2 Å². The maximum atomic E-state index is 13.7. The fraction of sp³-hybridized carbons (Fsp3) is 0.300. The van der Waals surface area contributed by atoms with E-state index in [1.165, 1.54) is 12.1 Å². The lowest BCUT2D eigenvalue weighted by Crippen LogP contribution is -2.51. The molecule has 3 heterocycles. The van der Waals surface area contributed by atoms with Crippen molar-refractivity contribution < 1.29 is 13.9 Å². The second-order valence-electron chi connectivity index (χ2n) is 6.78. The minimum atomic E-state index is -0.506. The summed E-state index contributed by atoms with van der Waals surface area (Å²) < 4.78 is 19.1. The Kier molecular flexibility index (Phi) is 5.87. The van der Waals surface area contributed by atoms with Crippen LogP contribution in [0.3, 0.4) is 0 Å². The van der Waals surface area contributed by atoms with Crippen LogP contribution in [0.2, 0.25) is 5.02 Å². The number of carbonyl (C=O) groups excluding carboxylic acids is 1. The second-order valence-corrected chi connectivity index (χ2v) is 8.35. The first-order valence-electron chi connectivity index (χ1n) is 9.13. The Bertz CT molecular complexity index is 974. The zero-order valence-electron chi connectivity index (χ0n) is 15.7. The highest BCUT2D eigenvalue weighted by Crippen LogP contribution is 2.36. The predicted octanol–water partition coefficient (Wildman–Crippen LogP) is 4.11. The normalized spacial score (nSPS) is 20.1. The van der Waals surface area contributed by atoms with Gasteiger partial charge in [-0.1, -0.05) is 11.6 Å². The molecule has 0 bridgehead atoms. The van der Waals surface area contributed by atoms with E-state index in [2.05, 4.69) is 5.32 Å². The molecule has 0 radical (unpaired) electrons. The molecule has 1 fully saturated rings. The van der Waals surface area contributed by atoms with Gasteiger partial charge in [-0.3, -0.25) is 9.69 Å². The molecule has 1 N–H and O–H groups in total. The number of morpholine rings is 1. The first-order chi connectivity index (χ1) is 14.0. The molecular formula is C20H19ClFN3O2S2. The Morgan fingerprint density at radius 1 is 1.34 bits per heavy atom. The van der Waals surface area contributed by atoms with Crippen molar-refractivity contribution in [2.24, 2.45) is 0 Å². The first-order valence-corrected chi connectivity index (χ1v) is 10.9. The minimum absolute atomic E-state index is 0.000821. The molecule has 1 atom stereocenters. The smallest absolute Gasteiger partial charge is 0.254 e. The van der Waals surface area contributed by atoms with Gasteiger partial charge in [0.05, 0.1) is 29.9 Å². The Balaban J connectivity index is 1.81. The maximum absolute atomic E-state index is 13.7. The van der Waals surface area contributed by atoms with Gasteiger partial charge in [-0.2, -0.15) is 11.3 Å². The van der Waals surface area contributed by atoms with Gasteiger partial charge in [0.1, 0.15) is 5.82 Å². The number of ether oxygens (including phenoxy) is 1. The molecule has 2 aliphatic rings. The zero-order chi connectivity index (χ0) is 20.5. The predicted molar refractivity (Wildman–Crippen MR) is 117 cm³/mol. The van der Waals surface area contributed by atoms with Crippen molar-refractivity contribution in [2.75, 3.05) is 31.2 Å². The summed E-state index contributed by atoms with van der Waals surface area (Å²) in [6.07, 6.45) is 0. The van der Waals surface area contributed by atoms with E-state index in [4.69, 9.17) is 28.6 Å². The van der Waals surface area contributed by atoms with E-state index in [9.17, 15) is 9.18 Å². The molecule has 0 aliphatic carbocycles.